The Morgan fingerprint density at radius 1 is 1.23 bits per heavy atom. The van der Waals surface area contributed by atoms with Gasteiger partial charge < -0.3 is 25.4 Å². The van der Waals surface area contributed by atoms with Crippen LogP contribution in [0.2, 0.25) is 0 Å². The van der Waals surface area contributed by atoms with E-state index in [0.717, 1.165) is 70.1 Å². The molecular formula is C26H27N5O3S. The van der Waals surface area contributed by atoms with Crippen LogP contribution >= 0.6 is 11.3 Å². The van der Waals surface area contributed by atoms with Crippen molar-refractivity contribution in [1.29, 1.82) is 0 Å². The SMILES string of the molecule is CC(Nc1nncc2ccc(N3CCOCC3)cc12)c1cc(-c2ccccc2COC(N)=O)cs1. The fourth-order valence-electron chi connectivity index (χ4n) is 4.26. The van der Waals surface area contributed by atoms with Gasteiger partial charge in [0.1, 0.15) is 6.61 Å². The summed E-state index contributed by atoms with van der Waals surface area (Å²) in [5.74, 6) is 0.760. The molecule has 1 fully saturated rings. The molecule has 180 valence electrons. The Hall–Kier alpha value is -3.69. The van der Waals surface area contributed by atoms with Crippen molar-refractivity contribution in [2.45, 2.75) is 19.6 Å². The van der Waals surface area contributed by atoms with Crippen LogP contribution in [-0.2, 0) is 16.1 Å². The van der Waals surface area contributed by atoms with Crippen molar-refractivity contribution >= 4 is 39.7 Å². The fraction of sp³-hybridized carbons (Fsp3) is 0.269. The van der Waals surface area contributed by atoms with E-state index in [9.17, 15) is 4.79 Å². The van der Waals surface area contributed by atoms with Gasteiger partial charge in [-0.15, -0.1) is 16.4 Å². The van der Waals surface area contributed by atoms with Gasteiger partial charge in [0.25, 0.3) is 0 Å². The standard InChI is InChI=1S/C26H27N5O3S/c1-17(24-12-20(16-35-24)22-5-3-2-4-19(22)15-34-26(27)32)29-25-23-13-21(31-8-10-33-11-9-31)7-6-18(23)14-28-30-25/h2-7,12-14,16-17H,8-11,15H2,1H3,(H2,27,32)(H,29,30). The molecule has 8 nitrogen and oxygen atoms in total. The number of nitrogens with two attached hydrogens (primary N) is 1. The van der Waals surface area contributed by atoms with Gasteiger partial charge in [-0.05, 0) is 47.2 Å². The number of morpholine rings is 1. The highest BCUT2D eigenvalue weighted by Crippen LogP contribution is 2.34. The molecule has 2 aromatic carbocycles. The zero-order chi connectivity index (χ0) is 24.2. The van der Waals surface area contributed by atoms with Crippen molar-refractivity contribution in [2.24, 2.45) is 5.73 Å². The zero-order valence-electron chi connectivity index (χ0n) is 19.4. The molecule has 0 bridgehead atoms. The lowest BCUT2D eigenvalue weighted by molar-refractivity contribution is 0.122. The van der Waals surface area contributed by atoms with Crippen molar-refractivity contribution in [1.82, 2.24) is 10.2 Å². The zero-order valence-corrected chi connectivity index (χ0v) is 20.3. The number of hydrogen-bond donors (Lipinski definition) is 2. The summed E-state index contributed by atoms with van der Waals surface area (Å²) in [6, 6.07) is 16.4. The number of nitrogens with one attached hydrogen (secondary N) is 1. The lowest BCUT2D eigenvalue weighted by Gasteiger charge is -2.29. The molecular weight excluding hydrogens is 462 g/mol. The molecule has 0 spiro atoms. The van der Waals surface area contributed by atoms with Gasteiger partial charge in [-0.1, -0.05) is 30.3 Å². The topological polar surface area (TPSA) is 103 Å². The van der Waals surface area contributed by atoms with Crippen LogP contribution in [0.3, 0.4) is 0 Å². The maximum absolute atomic E-state index is 11.1. The molecule has 3 heterocycles. The predicted molar refractivity (Wildman–Crippen MR) is 139 cm³/mol. The summed E-state index contributed by atoms with van der Waals surface area (Å²) < 4.78 is 10.5. The predicted octanol–water partition coefficient (Wildman–Crippen LogP) is 4.96. The quantitative estimate of drug-likeness (QED) is 0.378. The van der Waals surface area contributed by atoms with Crippen molar-refractivity contribution in [3.63, 3.8) is 0 Å². The second kappa shape index (κ2) is 10.3. The van der Waals surface area contributed by atoms with Gasteiger partial charge in [0.05, 0.1) is 25.5 Å². The minimum absolute atomic E-state index is 0.0229. The third kappa shape index (κ3) is 5.21. The number of anilines is 2. The Morgan fingerprint density at radius 3 is 2.89 bits per heavy atom. The van der Waals surface area contributed by atoms with E-state index in [1.54, 1.807) is 17.5 Å². The highest BCUT2D eigenvalue weighted by molar-refractivity contribution is 7.10. The van der Waals surface area contributed by atoms with Gasteiger partial charge in [0, 0.05) is 34.4 Å². The van der Waals surface area contributed by atoms with E-state index in [0.29, 0.717) is 0 Å². The number of primary amides is 1. The highest BCUT2D eigenvalue weighted by atomic mass is 32.1. The Kier molecular flexibility index (Phi) is 6.78. The Labute approximate surface area is 207 Å². The van der Waals surface area contributed by atoms with Gasteiger partial charge in [-0.3, -0.25) is 0 Å². The van der Waals surface area contributed by atoms with E-state index in [-0.39, 0.29) is 12.6 Å². The minimum Gasteiger partial charge on any atom is -0.445 e. The van der Waals surface area contributed by atoms with Crippen LogP contribution in [0.15, 0.2) is 60.1 Å². The van der Waals surface area contributed by atoms with E-state index < -0.39 is 6.09 Å². The number of fused-ring (bicyclic) bond motifs is 1. The summed E-state index contributed by atoms with van der Waals surface area (Å²) in [5, 5.41) is 16.4. The molecule has 1 aliphatic heterocycles. The van der Waals surface area contributed by atoms with Gasteiger partial charge in [-0.2, -0.15) is 5.10 Å². The molecule has 4 aromatic rings. The molecule has 1 amide bonds. The van der Waals surface area contributed by atoms with Crippen LogP contribution in [-0.4, -0.2) is 42.6 Å². The molecule has 9 heteroatoms. The summed E-state index contributed by atoms with van der Waals surface area (Å²) in [5.41, 5.74) is 9.31. The first-order valence-electron chi connectivity index (χ1n) is 11.5. The molecule has 1 atom stereocenters. The molecule has 0 aliphatic carbocycles. The number of hydrogen-bond acceptors (Lipinski definition) is 8. The van der Waals surface area contributed by atoms with E-state index >= 15 is 0 Å². The van der Waals surface area contributed by atoms with Crippen molar-refractivity contribution in [2.75, 3.05) is 36.5 Å². The normalized spacial score (nSPS) is 14.6. The third-order valence-corrected chi connectivity index (χ3v) is 7.24. The van der Waals surface area contributed by atoms with Crippen LogP contribution in [0, 0.1) is 0 Å². The van der Waals surface area contributed by atoms with E-state index in [2.05, 4.69) is 57.0 Å². The number of benzene rings is 2. The molecule has 0 radical (unpaired) electrons. The molecule has 0 saturated carbocycles. The Bertz CT molecular complexity index is 1340. The van der Waals surface area contributed by atoms with Crippen molar-refractivity contribution < 1.29 is 14.3 Å². The van der Waals surface area contributed by atoms with Crippen LogP contribution in [0.1, 0.15) is 23.4 Å². The average Bonchev–Trinajstić information content (AvgIpc) is 3.38. The number of carbonyl (C=O) groups excluding carboxylic acids is 1. The number of nitrogens with zero attached hydrogens (tertiary/aromatic N) is 3. The summed E-state index contributed by atoms with van der Waals surface area (Å²) in [4.78, 5) is 14.6. The summed E-state index contributed by atoms with van der Waals surface area (Å²) in [7, 11) is 0. The van der Waals surface area contributed by atoms with Gasteiger partial charge >= 0.3 is 6.09 Å². The lowest BCUT2D eigenvalue weighted by Crippen LogP contribution is -2.36. The molecule has 5 rings (SSSR count). The third-order valence-electron chi connectivity index (χ3n) is 6.12. The number of carbonyl (C=O) groups is 1. The molecule has 1 aliphatic rings. The molecule has 2 aromatic heterocycles. The first-order chi connectivity index (χ1) is 17.1. The van der Waals surface area contributed by atoms with E-state index in [4.69, 9.17) is 15.2 Å². The van der Waals surface area contributed by atoms with Gasteiger partial charge in [-0.25, -0.2) is 4.79 Å². The second-order valence-electron chi connectivity index (χ2n) is 8.43. The minimum atomic E-state index is -0.781. The van der Waals surface area contributed by atoms with Gasteiger partial charge in [0.15, 0.2) is 5.82 Å². The summed E-state index contributed by atoms with van der Waals surface area (Å²) in [6.45, 7) is 5.51. The number of aromatic nitrogens is 2. The maximum atomic E-state index is 11.1. The first kappa shape index (κ1) is 23.1. The number of rotatable bonds is 7. The number of ether oxygens (including phenoxy) is 2. The van der Waals surface area contributed by atoms with Crippen molar-refractivity contribution in [3.05, 3.63) is 70.5 Å². The summed E-state index contributed by atoms with van der Waals surface area (Å²) >= 11 is 1.67. The first-order valence-corrected chi connectivity index (χ1v) is 12.4. The van der Waals surface area contributed by atoms with E-state index in [1.807, 2.05) is 24.3 Å². The van der Waals surface area contributed by atoms with Crippen molar-refractivity contribution in [3.8, 4) is 11.1 Å². The Balaban J connectivity index is 1.38. The molecule has 1 saturated heterocycles. The average molecular weight is 490 g/mol. The van der Waals surface area contributed by atoms with E-state index in [1.165, 1.54) is 0 Å². The molecule has 3 N–H and O–H groups in total. The Morgan fingerprint density at radius 2 is 2.06 bits per heavy atom. The smallest absolute Gasteiger partial charge is 0.404 e. The lowest BCUT2D eigenvalue weighted by atomic mass is 10.0. The number of thiophene rings is 1. The summed E-state index contributed by atoms with van der Waals surface area (Å²) in [6.07, 6.45) is 1.01. The van der Waals surface area contributed by atoms with Crippen LogP contribution in [0.5, 0.6) is 0 Å². The fourth-order valence-corrected chi connectivity index (χ4v) is 5.18. The number of amides is 1. The monoisotopic (exact) mass is 489 g/mol. The van der Waals surface area contributed by atoms with Gasteiger partial charge in [0.2, 0.25) is 0 Å². The van der Waals surface area contributed by atoms with Crippen LogP contribution in [0.25, 0.3) is 21.9 Å². The molecule has 1 unspecified atom stereocenters. The highest BCUT2D eigenvalue weighted by Gasteiger charge is 2.16. The van der Waals surface area contributed by atoms with Crippen LogP contribution in [0.4, 0.5) is 16.3 Å². The van der Waals surface area contributed by atoms with Crippen LogP contribution < -0.4 is 16.0 Å². The molecule has 35 heavy (non-hydrogen) atoms. The second-order valence-corrected chi connectivity index (χ2v) is 9.38. The largest absolute Gasteiger partial charge is 0.445 e. The maximum Gasteiger partial charge on any atom is 0.404 e.